The van der Waals surface area contributed by atoms with E-state index >= 15 is 0 Å². The molecule has 1 fully saturated rings. The Kier molecular flexibility index (Phi) is 5.18. The van der Waals surface area contributed by atoms with Crippen molar-refractivity contribution in [1.29, 1.82) is 0 Å². The van der Waals surface area contributed by atoms with Crippen LogP contribution in [-0.2, 0) is 17.9 Å². The lowest BCUT2D eigenvalue weighted by Gasteiger charge is -2.11. The largest absolute Gasteiger partial charge is 0.473 e. The predicted octanol–water partition coefficient (Wildman–Crippen LogP) is 1.14. The first-order chi connectivity index (χ1) is 11.3. The van der Waals surface area contributed by atoms with Crippen LogP contribution in [0.2, 0.25) is 0 Å². The Labute approximate surface area is 135 Å². The molecule has 6 heteroatoms. The molecule has 1 unspecified atom stereocenters. The van der Waals surface area contributed by atoms with E-state index in [0.717, 1.165) is 24.1 Å². The van der Waals surface area contributed by atoms with Gasteiger partial charge in [-0.3, -0.25) is 10.2 Å². The highest BCUT2D eigenvalue weighted by Crippen LogP contribution is 2.12. The maximum absolute atomic E-state index is 12.0. The lowest BCUT2D eigenvalue weighted by atomic mass is 10.2. The van der Waals surface area contributed by atoms with Gasteiger partial charge in [0.25, 0.3) is 0 Å². The van der Waals surface area contributed by atoms with Crippen molar-refractivity contribution < 1.29 is 9.53 Å². The molecule has 1 aromatic carbocycles. The Morgan fingerprint density at radius 3 is 2.91 bits per heavy atom. The minimum Gasteiger partial charge on any atom is -0.473 e. The van der Waals surface area contributed by atoms with Gasteiger partial charge in [-0.25, -0.2) is 10.4 Å². The first kappa shape index (κ1) is 15.5. The average molecular weight is 312 g/mol. The molecule has 6 nitrogen and oxygen atoms in total. The second kappa shape index (κ2) is 7.71. The summed E-state index contributed by atoms with van der Waals surface area (Å²) in [6.07, 6.45) is 2.49. The summed E-state index contributed by atoms with van der Waals surface area (Å²) in [6, 6.07) is 13.5. The van der Waals surface area contributed by atoms with Crippen LogP contribution in [0.15, 0.2) is 48.7 Å². The van der Waals surface area contributed by atoms with E-state index in [1.54, 1.807) is 6.20 Å². The van der Waals surface area contributed by atoms with Gasteiger partial charge in [0.05, 0.1) is 0 Å². The van der Waals surface area contributed by atoms with Gasteiger partial charge in [0.15, 0.2) is 0 Å². The van der Waals surface area contributed by atoms with Crippen molar-refractivity contribution in [2.75, 3.05) is 6.54 Å². The highest BCUT2D eigenvalue weighted by atomic mass is 16.5. The normalized spacial score (nSPS) is 17.0. The van der Waals surface area contributed by atoms with Crippen molar-refractivity contribution in [3.05, 3.63) is 59.8 Å². The molecule has 0 radical (unpaired) electrons. The monoisotopic (exact) mass is 312 g/mol. The zero-order valence-corrected chi connectivity index (χ0v) is 12.8. The Morgan fingerprint density at radius 1 is 1.26 bits per heavy atom. The van der Waals surface area contributed by atoms with E-state index < -0.39 is 0 Å². The molecule has 2 aromatic rings. The van der Waals surface area contributed by atoms with E-state index in [4.69, 9.17) is 4.74 Å². The molecule has 1 atom stereocenters. The number of benzene rings is 1. The van der Waals surface area contributed by atoms with E-state index in [0.29, 0.717) is 19.0 Å². The zero-order valence-electron chi connectivity index (χ0n) is 12.8. The minimum atomic E-state index is -0.161. The molecule has 3 N–H and O–H groups in total. The lowest BCUT2D eigenvalue weighted by Crippen LogP contribution is -2.42. The standard InChI is InChI=1S/C17H20N4O2/c22-17(15-7-9-20-21-15)19-11-14-6-8-18-16(10-14)23-12-13-4-2-1-3-5-13/h1-6,8,10,15,20-21H,7,9,11-12H2,(H,19,22). The van der Waals surface area contributed by atoms with Crippen LogP contribution in [0.4, 0.5) is 0 Å². The second-order valence-corrected chi connectivity index (χ2v) is 5.41. The third-order valence-corrected chi connectivity index (χ3v) is 3.65. The van der Waals surface area contributed by atoms with Crippen LogP contribution in [0.1, 0.15) is 17.5 Å². The van der Waals surface area contributed by atoms with E-state index in [9.17, 15) is 4.79 Å². The summed E-state index contributed by atoms with van der Waals surface area (Å²) in [5, 5.41) is 2.92. The third kappa shape index (κ3) is 4.51. The number of carbonyl (C=O) groups is 1. The first-order valence-electron chi connectivity index (χ1n) is 7.69. The Bertz CT molecular complexity index is 642. The summed E-state index contributed by atoms with van der Waals surface area (Å²) in [6.45, 7) is 1.74. The molecule has 1 aliphatic rings. The number of hydrogen-bond acceptors (Lipinski definition) is 5. The molecule has 0 spiro atoms. The van der Waals surface area contributed by atoms with Crippen LogP contribution < -0.4 is 20.9 Å². The van der Waals surface area contributed by atoms with Gasteiger partial charge in [-0.1, -0.05) is 30.3 Å². The van der Waals surface area contributed by atoms with E-state index in [1.807, 2.05) is 42.5 Å². The Morgan fingerprint density at radius 2 is 2.13 bits per heavy atom. The predicted molar refractivity (Wildman–Crippen MR) is 86.4 cm³/mol. The second-order valence-electron chi connectivity index (χ2n) is 5.41. The number of rotatable bonds is 6. The van der Waals surface area contributed by atoms with Gasteiger partial charge < -0.3 is 10.1 Å². The zero-order chi connectivity index (χ0) is 15.9. The topological polar surface area (TPSA) is 75.3 Å². The molecule has 120 valence electrons. The molecule has 0 saturated carbocycles. The number of nitrogens with one attached hydrogen (secondary N) is 3. The molecule has 1 amide bonds. The summed E-state index contributed by atoms with van der Waals surface area (Å²) < 4.78 is 5.69. The van der Waals surface area contributed by atoms with Crippen LogP contribution in [0.25, 0.3) is 0 Å². The summed E-state index contributed by atoms with van der Waals surface area (Å²) in [5.74, 6) is 0.555. The molecular formula is C17H20N4O2. The van der Waals surface area contributed by atoms with Crippen molar-refractivity contribution in [1.82, 2.24) is 21.2 Å². The number of aromatic nitrogens is 1. The van der Waals surface area contributed by atoms with Crippen LogP contribution in [-0.4, -0.2) is 23.5 Å². The average Bonchev–Trinajstić information content (AvgIpc) is 3.14. The number of nitrogens with zero attached hydrogens (tertiary/aromatic N) is 1. The van der Waals surface area contributed by atoms with Crippen molar-refractivity contribution in [3.8, 4) is 5.88 Å². The van der Waals surface area contributed by atoms with Crippen LogP contribution in [0, 0.1) is 0 Å². The maximum atomic E-state index is 12.0. The quantitative estimate of drug-likeness (QED) is 0.746. The molecule has 3 rings (SSSR count). The number of carbonyl (C=O) groups excluding carboxylic acids is 1. The van der Waals surface area contributed by atoms with Crippen LogP contribution >= 0.6 is 0 Å². The Hall–Kier alpha value is -2.44. The van der Waals surface area contributed by atoms with Crippen molar-refractivity contribution in [2.24, 2.45) is 0 Å². The molecule has 0 aliphatic carbocycles. The molecular weight excluding hydrogens is 292 g/mol. The molecule has 23 heavy (non-hydrogen) atoms. The Balaban J connectivity index is 1.51. The SMILES string of the molecule is O=C(NCc1ccnc(OCc2ccccc2)c1)C1CCNN1. The number of pyridine rings is 1. The van der Waals surface area contributed by atoms with E-state index in [-0.39, 0.29) is 11.9 Å². The highest BCUT2D eigenvalue weighted by molar-refractivity contribution is 5.81. The van der Waals surface area contributed by atoms with Gasteiger partial charge in [0, 0.05) is 25.4 Å². The van der Waals surface area contributed by atoms with Gasteiger partial charge >= 0.3 is 0 Å². The molecule has 1 saturated heterocycles. The fourth-order valence-electron chi connectivity index (χ4n) is 2.36. The number of hydrogen-bond donors (Lipinski definition) is 3. The summed E-state index contributed by atoms with van der Waals surface area (Å²) in [4.78, 5) is 16.2. The van der Waals surface area contributed by atoms with E-state index in [2.05, 4.69) is 21.2 Å². The smallest absolute Gasteiger partial charge is 0.238 e. The third-order valence-electron chi connectivity index (χ3n) is 3.65. The first-order valence-corrected chi connectivity index (χ1v) is 7.69. The summed E-state index contributed by atoms with van der Waals surface area (Å²) >= 11 is 0. The molecule has 0 bridgehead atoms. The van der Waals surface area contributed by atoms with Gasteiger partial charge in [-0.15, -0.1) is 0 Å². The number of ether oxygens (including phenoxy) is 1. The fraction of sp³-hybridized carbons (Fsp3) is 0.294. The lowest BCUT2D eigenvalue weighted by molar-refractivity contribution is -0.123. The summed E-state index contributed by atoms with van der Waals surface area (Å²) in [5.41, 5.74) is 7.95. The highest BCUT2D eigenvalue weighted by Gasteiger charge is 2.21. The van der Waals surface area contributed by atoms with Crippen LogP contribution in [0.5, 0.6) is 5.88 Å². The number of amides is 1. The molecule has 1 aliphatic heterocycles. The minimum absolute atomic E-state index is 0.00133. The van der Waals surface area contributed by atoms with Crippen LogP contribution in [0.3, 0.4) is 0 Å². The molecule has 2 heterocycles. The van der Waals surface area contributed by atoms with Crippen molar-refractivity contribution in [2.45, 2.75) is 25.6 Å². The van der Waals surface area contributed by atoms with Gasteiger partial charge in [0.1, 0.15) is 12.6 Å². The van der Waals surface area contributed by atoms with Gasteiger partial charge in [0.2, 0.25) is 11.8 Å². The fourth-order valence-corrected chi connectivity index (χ4v) is 2.36. The summed E-state index contributed by atoms with van der Waals surface area (Å²) in [7, 11) is 0. The van der Waals surface area contributed by atoms with Gasteiger partial charge in [-0.05, 0) is 23.6 Å². The van der Waals surface area contributed by atoms with Gasteiger partial charge in [-0.2, -0.15) is 0 Å². The van der Waals surface area contributed by atoms with E-state index in [1.165, 1.54) is 0 Å². The number of hydrazine groups is 1. The van der Waals surface area contributed by atoms with Crippen molar-refractivity contribution in [3.63, 3.8) is 0 Å². The maximum Gasteiger partial charge on any atom is 0.238 e. The van der Waals surface area contributed by atoms with Crippen molar-refractivity contribution >= 4 is 5.91 Å². The molecule has 1 aromatic heterocycles.